The van der Waals surface area contributed by atoms with E-state index >= 15 is 0 Å². The lowest BCUT2D eigenvalue weighted by atomic mass is 9.95. The summed E-state index contributed by atoms with van der Waals surface area (Å²) < 4.78 is 6.99. The Bertz CT molecular complexity index is 1480. The maximum atomic E-state index is 13.4. The van der Waals surface area contributed by atoms with Crippen molar-refractivity contribution < 1.29 is 19.4 Å². The minimum atomic E-state index is -0.823. The fourth-order valence-electron chi connectivity index (χ4n) is 4.17. The molecule has 0 saturated carbocycles. The third kappa shape index (κ3) is 4.13. The quantitative estimate of drug-likeness (QED) is 0.181. The van der Waals surface area contributed by atoms with Gasteiger partial charge < -0.3 is 9.84 Å². The van der Waals surface area contributed by atoms with Crippen LogP contribution in [0.1, 0.15) is 29.7 Å². The minimum absolute atomic E-state index is 0.0241. The lowest BCUT2D eigenvalue weighted by molar-refractivity contribution is -0.132. The molecule has 1 unspecified atom stereocenters. The number of anilines is 1. The third-order valence-corrected chi connectivity index (χ3v) is 7.60. The number of aliphatic hydroxyl groups is 1. The van der Waals surface area contributed by atoms with E-state index in [1.165, 1.54) is 21.8 Å². The standard InChI is InChI=1S/C27H21BrN2O4S/c1-3-15-4-13-20-21(14-15)35-27(29-20)30-23(16-5-9-18(28)10-6-16)22(25(32)26(30)33)24(31)17-7-11-19(34-2)12-8-17/h4-14,23,31H,3H2,1-2H3/b24-22+. The van der Waals surface area contributed by atoms with Crippen molar-refractivity contribution in [2.24, 2.45) is 0 Å². The smallest absolute Gasteiger partial charge is 0.301 e. The predicted octanol–water partition coefficient (Wildman–Crippen LogP) is 6.26. The lowest BCUT2D eigenvalue weighted by Gasteiger charge is -2.23. The number of rotatable bonds is 5. The van der Waals surface area contributed by atoms with Crippen LogP contribution in [0.5, 0.6) is 5.75 Å². The van der Waals surface area contributed by atoms with Gasteiger partial charge >= 0.3 is 5.91 Å². The Labute approximate surface area is 214 Å². The van der Waals surface area contributed by atoms with Gasteiger partial charge in [0, 0.05) is 10.0 Å². The van der Waals surface area contributed by atoms with Gasteiger partial charge in [-0.2, -0.15) is 0 Å². The summed E-state index contributed by atoms with van der Waals surface area (Å²) in [6.07, 6.45) is 0.883. The Morgan fingerprint density at radius 3 is 2.46 bits per heavy atom. The molecule has 1 amide bonds. The highest BCUT2D eigenvalue weighted by Crippen LogP contribution is 2.44. The first-order valence-corrected chi connectivity index (χ1v) is 12.6. The molecule has 0 bridgehead atoms. The Morgan fingerprint density at radius 1 is 1.09 bits per heavy atom. The van der Waals surface area contributed by atoms with E-state index in [0.29, 0.717) is 22.0 Å². The molecule has 0 radical (unpaired) electrons. The number of thiazole rings is 1. The first-order chi connectivity index (χ1) is 16.9. The number of halogens is 1. The van der Waals surface area contributed by atoms with Gasteiger partial charge in [0.25, 0.3) is 5.78 Å². The number of Topliss-reactive ketones (excluding diaryl/α,β-unsaturated/α-hetero) is 1. The average Bonchev–Trinajstić information content (AvgIpc) is 3.41. The van der Waals surface area contributed by atoms with Crippen molar-refractivity contribution >= 4 is 60.1 Å². The summed E-state index contributed by atoms with van der Waals surface area (Å²) >= 11 is 4.80. The van der Waals surface area contributed by atoms with Crippen LogP contribution in [-0.4, -0.2) is 28.9 Å². The lowest BCUT2D eigenvalue weighted by Crippen LogP contribution is -2.29. The van der Waals surface area contributed by atoms with E-state index in [1.54, 1.807) is 31.4 Å². The summed E-state index contributed by atoms with van der Waals surface area (Å²) in [4.78, 5) is 32.8. The topological polar surface area (TPSA) is 79.7 Å². The molecular formula is C27H21BrN2O4S. The van der Waals surface area contributed by atoms with Gasteiger partial charge in [0.1, 0.15) is 11.5 Å². The number of aromatic nitrogens is 1. The van der Waals surface area contributed by atoms with Crippen molar-refractivity contribution in [3.63, 3.8) is 0 Å². The second kappa shape index (κ2) is 9.28. The summed E-state index contributed by atoms with van der Waals surface area (Å²) in [5.41, 5.74) is 3.06. The number of amides is 1. The van der Waals surface area contributed by atoms with Gasteiger partial charge in [-0.25, -0.2) is 4.98 Å². The number of hydrogen-bond acceptors (Lipinski definition) is 6. The van der Waals surface area contributed by atoms with Gasteiger partial charge in [-0.1, -0.05) is 52.4 Å². The van der Waals surface area contributed by atoms with Gasteiger partial charge in [0.05, 0.1) is 28.9 Å². The second-order valence-corrected chi connectivity index (χ2v) is 10.0. The molecule has 3 aromatic carbocycles. The largest absolute Gasteiger partial charge is 0.507 e. The van der Waals surface area contributed by atoms with Gasteiger partial charge in [-0.15, -0.1) is 0 Å². The normalized spacial score (nSPS) is 17.3. The third-order valence-electron chi connectivity index (χ3n) is 6.05. The van der Waals surface area contributed by atoms with E-state index in [-0.39, 0.29) is 11.3 Å². The zero-order valence-electron chi connectivity index (χ0n) is 19.0. The van der Waals surface area contributed by atoms with E-state index in [9.17, 15) is 14.7 Å². The van der Waals surface area contributed by atoms with E-state index in [1.807, 2.05) is 36.4 Å². The average molecular weight is 549 g/mol. The van der Waals surface area contributed by atoms with Crippen LogP contribution < -0.4 is 9.64 Å². The van der Waals surface area contributed by atoms with Crippen molar-refractivity contribution in [2.45, 2.75) is 19.4 Å². The minimum Gasteiger partial charge on any atom is -0.507 e. The Balaban J connectivity index is 1.69. The van der Waals surface area contributed by atoms with Crippen LogP contribution in [0, 0.1) is 0 Å². The van der Waals surface area contributed by atoms with Crippen LogP contribution in [0.15, 0.2) is 76.8 Å². The van der Waals surface area contributed by atoms with Crippen molar-refractivity contribution in [3.05, 3.63) is 93.5 Å². The molecule has 2 heterocycles. The van der Waals surface area contributed by atoms with Gasteiger partial charge in [-0.3, -0.25) is 14.5 Å². The number of methoxy groups -OCH3 is 1. The number of ketones is 1. The first-order valence-electron chi connectivity index (χ1n) is 11.0. The molecule has 6 nitrogen and oxygen atoms in total. The summed E-state index contributed by atoms with van der Waals surface area (Å²) in [7, 11) is 1.55. The molecule has 176 valence electrons. The van der Waals surface area contributed by atoms with Crippen molar-refractivity contribution in [2.75, 3.05) is 12.0 Å². The number of carbonyl (C=O) groups is 2. The zero-order chi connectivity index (χ0) is 24.7. The number of ether oxygens (including phenoxy) is 1. The van der Waals surface area contributed by atoms with Crippen LogP contribution in [-0.2, 0) is 16.0 Å². The number of benzene rings is 3. The van der Waals surface area contributed by atoms with E-state index < -0.39 is 17.7 Å². The highest BCUT2D eigenvalue weighted by atomic mass is 79.9. The SMILES string of the molecule is CCc1ccc2nc(N3C(=O)C(=O)/C(=C(/O)c4ccc(OC)cc4)C3c3ccc(Br)cc3)sc2c1. The molecule has 1 atom stereocenters. The molecule has 8 heteroatoms. The van der Waals surface area contributed by atoms with Crippen molar-refractivity contribution in [1.82, 2.24) is 4.98 Å². The van der Waals surface area contributed by atoms with Crippen molar-refractivity contribution in [1.29, 1.82) is 0 Å². The zero-order valence-corrected chi connectivity index (χ0v) is 21.4. The molecule has 35 heavy (non-hydrogen) atoms. The molecule has 0 aliphatic carbocycles. The van der Waals surface area contributed by atoms with Crippen LogP contribution in [0.3, 0.4) is 0 Å². The monoisotopic (exact) mass is 548 g/mol. The van der Waals surface area contributed by atoms with Gasteiger partial charge in [-0.05, 0) is 66.1 Å². The van der Waals surface area contributed by atoms with E-state index in [2.05, 4.69) is 33.9 Å². The highest BCUT2D eigenvalue weighted by Gasteiger charge is 2.48. The highest BCUT2D eigenvalue weighted by molar-refractivity contribution is 9.10. The summed E-state index contributed by atoms with van der Waals surface area (Å²) in [6.45, 7) is 2.08. The van der Waals surface area contributed by atoms with Crippen LogP contribution in [0.4, 0.5) is 5.13 Å². The second-order valence-electron chi connectivity index (χ2n) is 8.10. The first kappa shape index (κ1) is 23.3. The molecule has 1 aliphatic heterocycles. The maximum absolute atomic E-state index is 13.4. The number of fused-ring (bicyclic) bond motifs is 1. The summed E-state index contributed by atoms with van der Waals surface area (Å²) in [5, 5.41) is 11.7. The Kier molecular flexibility index (Phi) is 6.17. The molecule has 5 rings (SSSR count). The maximum Gasteiger partial charge on any atom is 0.301 e. The molecule has 1 fully saturated rings. The Hall–Kier alpha value is -3.49. The Morgan fingerprint density at radius 2 is 1.80 bits per heavy atom. The number of nitrogens with zero attached hydrogens (tertiary/aromatic N) is 2. The number of hydrogen-bond donors (Lipinski definition) is 1. The molecule has 1 saturated heterocycles. The molecule has 1 aromatic heterocycles. The van der Waals surface area contributed by atoms with Crippen LogP contribution in [0.2, 0.25) is 0 Å². The van der Waals surface area contributed by atoms with E-state index in [0.717, 1.165) is 21.1 Å². The molecule has 1 N–H and O–H groups in total. The number of aliphatic hydroxyl groups excluding tert-OH is 1. The molecule has 1 aliphatic rings. The summed E-state index contributed by atoms with van der Waals surface area (Å²) in [6, 6.07) is 19.2. The van der Waals surface area contributed by atoms with Gasteiger partial charge in [0.15, 0.2) is 5.13 Å². The molecule has 0 spiro atoms. The van der Waals surface area contributed by atoms with Gasteiger partial charge in [0.2, 0.25) is 0 Å². The van der Waals surface area contributed by atoms with Crippen LogP contribution in [0.25, 0.3) is 16.0 Å². The van der Waals surface area contributed by atoms with Crippen molar-refractivity contribution in [3.8, 4) is 5.75 Å². The molecular weight excluding hydrogens is 528 g/mol. The molecule has 4 aromatic rings. The summed E-state index contributed by atoms with van der Waals surface area (Å²) in [5.74, 6) is -1.09. The van der Waals surface area contributed by atoms with E-state index in [4.69, 9.17) is 4.74 Å². The fourth-order valence-corrected chi connectivity index (χ4v) is 5.49. The van der Waals surface area contributed by atoms with Crippen LogP contribution >= 0.6 is 27.3 Å². The number of aryl methyl sites for hydroxylation is 1. The fraction of sp³-hybridized carbons (Fsp3) is 0.148. The predicted molar refractivity (Wildman–Crippen MR) is 141 cm³/mol. The number of carbonyl (C=O) groups excluding carboxylic acids is 2.